The lowest BCUT2D eigenvalue weighted by Gasteiger charge is -2.37. The molecule has 140 valence electrons. The number of carbonyl (C=O) groups is 1. The van der Waals surface area contributed by atoms with Gasteiger partial charge in [0.25, 0.3) is 0 Å². The summed E-state index contributed by atoms with van der Waals surface area (Å²) in [5.41, 5.74) is 0. The Balaban J connectivity index is 0.00000288. The maximum absolute atomic E-state index is 11.7. The standard InChI is InChI=1S/C16H30N4O3.HI/c1-4-17-16(18-8-7-15(21)19(2)3)20-9-11-23-14(12-20)13-6-5-10-22-13;/h13-14H,4-12H2,1-3H3,(H,17,18);1H. The van der Waals surface area contributed by atoms with Crippen molar-refractivity contribution < 1.29 is 14.3 Å². The lowest BCUT2D eigenvalue weighted by molar-refractivity contribution is -0.128. The van der Waals surface area contributed by atoms with Crippen LogP contribution in [0.25, 0.3) is 0 Å². The van der Waals surface area contributed by atoms with Crippen molar-refractivity contribution in [2.75, 3.05) is 53.5 Å². The van der Waals surface area contributed by atoms with Crippen LogP contribution in [-0.4, -0.2) is 87.4 Å². The quantitative estimate of drug-likeness (QED) is 0.381. The zero-order valence-corrected chi connectivity index (χ0v) is 17.3. The summed E-state index contributed by atoms with van der Waals surface area (Å²) in [7, 11) is 3.54. The van der Waals surface area contributed by atoms with E-state index in [4.69, 9.17) is 9.47 Å². The van der Waals surface area contributed by atoms with Crippen molar-refractivity contribution in [2.45, 2.75) is 38.4 Å². The van der Waals surface area contributed by atoms with Gasteiger partial charge in [-0.2, -0.15) is 0 Å². The van der Waals surface area contributed by atoms with Gasteiger partial charge in [0.2, 0.25) is 5.91 Å². The van der Waals surface area contributed by atoms with Gasteiger partial charge in [-0.3, -0.25) is 9.79 Å². The van der Waals surface area contributed by atoms with Crippen LogP contribution in [0.3, 0.4) is 0 Å². The molecule has 1 amide bonds. The molecular formula is C16H31IN4O3. The van der Waals surface area contributed by atoms with E-state index in [1.165, 1.54) is 0 Å². The van der Waals surface area contributed by atoms with E-state index in [-0.39, 0.29) is 42.1 Å². The summed E-state index contributed by atoms with van der Waals surface area (Å²) in [6.07, 6.45) is 2.94. The summed E-state index contributed by atoms with van der Waals surface area (Å²) in [6.45, 7) is 6.49. The van der Waals surface area contributed by atoms with E-state index in [0.717, 1.165) is 45.0 Å². The van der Waals surface area contributed by atoms with Crippen molar-refractivity contribution in [3.05, 3.63) is 0 Å². The number of ether oxygens (including phenoxy) is 2. The molecule has 0 aromatic heterocycles. The van der Waals surface area contributed by atoms with Crippen LogP contribution in [0.5, 0.6) is 0 Å². The van der Waals surface area contributed by atoms with Gasteiger partial charge in [0.15, 0.2) is 5.96 Å². The van der Waals surface area contributed by atoms with Crippen LogP contribution >= 0.6 is 24.0 Å². The van der Waals surface area contributed by atoms with Crippen LogP contribution in [0, 0.1) is 0 Å². The first-order valence-electron chi connectivity index (χ1n) is 8.58. The van der Waals surface area contributed by atoms with Crippen molar-refractivity contribution >= 4 is 35.8 Å². The van der Waals surface area contributed by atoms with Crippen molar-refractivity contribution in [2.24, 2.45) is 4.99 Å². The van der Waals surface area contributed by atoms with Crippen LogP contribution in [0.2, 0.25) is 0 Å². The van der Waals surface area contributed by atoms with E-state index < -0.39 is 0 Å². The summed E-state index contributed by atoms with van der Waals surface area (Å²) in [6, 6.07) is 0. The third kappa shape index (κ3) is 6.36. The van der Waals surface area contributed by atoms with Crippen LogP contribution < -0.4 is 5.32 Å². The highest BCUT2D eigenvalue weighted by Crippen LogP contribution is 2.21. The summed E-state index contributed by atoms with van der Waals surface area (Å²) in [5, 5.41) is 3.32. The SMILES string of the molecule is CCNC(=NCCC(=O)N(C)C)N1CCOC(C2CCCO2)C1.I. The number of carbonyl (C=O) groups excluding carboxylic acids is 1. The van der Waals surface area contributed by atoms with Crippen molar-refractivity contribution in [1.29, 1.82) is 0 Å². The minimum Gasteiger partial charge on any atom is -0.375 e. The Morgan fingerprint density at radius 2 is 2.04 bits per heavy atom. The summed E-state index contributed by atoms with van der Waals surface area (Å²) >= 11 is 0. The number of hydrogen-bond acceptors (Lipinski definition) is 4. The molecule has 2 atom stereocenters. The second-order valence-electron chi connectivity index (χ2n) is 6.18. The van der Waals surface area contributed by atoms with E-state index in [0.29, 0.717) is 19.6 Å². The van der Waals surface area contributed by atoms with Gasteiger partial charge in [0.05, 0.1) is 19.3 Å². The number of hydrogen-bond donors (Lipinski definition) is 1. The predicted octanol–water partition coefficient (Wildman–Crippen LogP) is 0.928. The highest BCUT2D eigenvalue weighted by atomic mass is 127. The van der Waals surface area contributed by atoms with E-state index in [1.807, 2.05) is 0 Å². The van der Waals surface area contributed by atoms with Gasteiger partial charge in [-0.25, -0.2) is 0 Å². The van der Waals surface area contributed by atoms with Gasteiger partial charge < -0.3 is 24.6 Å². The van der Waals surface area contributed by atoms with Gasteiger partial charge in [-0.1, -0.05) is 0 Å². The maximum Gasteiger partial charge on any atom is 0.223 e. The van der Waals surface area contributed by atoms with Gasteiger partial charge in [-0.15, -0.1) is 24.0 Å². The molecule has 2 rings (SSSR count). The number of nitrogens with one attached hydrogen (secondary N) is 1. The molecule has 24 heavy (non-hydrogen) atoms. The first-order valence-corrected chi connectivity index (χ1v) is 8.58. The lowest BCUT2D eigenvalue weighted by Crippen LogP contribution is -2.53. The number of guanidine groups is 1. The Kier molecular flexibility index (Phi) is 9.91. The molecule has 0 aromatic rings. The molecule has 2 aliphatic rings. The number of halogens is 1. The summed E-state index contributed by atoms with van der Waals surface area (Å²) in [5.74, 6) is 0.967. The molecule has 2 saturated heterocycles. The Morgan fingerprint density at radius 3 is 2.67 bits per heavy atom. The smallest absolute Gasteiger partial charge is 0.223 e. The van der Waals surface area contributed by atoms with E-state index >= 15 is 0 Å². The number of morpholine rings is 1. The van der Waals surface area contributed by atoms with Crippen molar-refractivity contribution in [3.8, 4) is 0 Å². The molecule has 2 unspecified atom stereocenters. The molecule has 8 heteroatoms. The molecule has 0 bridgehead atoms. The molecule has 2 aliphatic heterocycles. The number of amides is 1. The fourth-order valence-corrected chi connectivity index (χ4v) is 2.90. The normalized spacial score (nSPS) is 24.5. The summed E-state index contributed by atoms with van der Waals surface area (Å²) < 4.78 is 11.6. The van der Waals surface area contributed by atoms with E-state index in [9.17, 15) is 4.79 Å². The predicted molar refractivity (Wildman–Crippen MR) is 105 cm³/mol. The molecule has 2 fully saturated rings. The van der Waals surface area contributed by atoms with Crippen LogP contribution in [0.4, 0.5) is 0 Å². The van der Waals surface area contributed by atoms with Crippen LogP contribution in [0.15, 0.2) is 4.99 Å². The molecular weight excluding hydrogens is 423 g/mol. The minimum atomic E-state index is 0. The zero-order chi connectivity index (χ0) is 16.7. The molecule has 0 spiro atoms. The number of rotatable bonds is 5. The topological polar surface area (TPSA) is 66.4 Å². The molecule has 0 radical (unpaired) electrons. The Morgan fingerprint density at radius 1 is 1.29 bits per heavy atom. The molecule has 1 N–H and O–H groups in total. The molecule has 0 aliphatic carbocycles. The monoisotopic (exact) mass is 454 g/mol. The van der Waals surface area contributed by atoms with E-state index in [2.05, 4.69) is 22.1 Å². The van der Waals surface area contributed by atoms with Crippen LogP contribution in [-0.2, 0) is 14.3 Å². The van der Waals surface area contributed by atoms with Gasteiger partial charge >= 0.3 is 0 Å². The third-order valence-corrected chi connectivity index (χ3v) is 4.19. The lowest BCUT2D eigenvalue weighted by atomic mass is 10.1. The van der Waals surface area contributed by atoms with Gasteiger partial charge in [0.1, 0.15) is 6.10 Å². The molecule has 0 saturated carbocycles. The zero-order valence-electron chi connectivity index (χ0n) is 15.0. The fraction of sp³-hybridized carbons (Fsp3) is 0.875. The highest BCUT2D eigenvalue weighted by molar-refractivity contribution is 14.0. The van der Waals surface area contributed by atoms with Gasteiger partial charge in [-0.05, 0) is 19.8 Å². The molecule has 0 aromatic carbocycles. The van der Waals surface area contributed by atoms with Crippen LogP contribution in [0.1, 0.15) is 26.2 Å². The highest BCUT2D eigenvalue weighted by Gasteiger charge is 2.32. The Labute approximate surface area is 162 Å². The summed E-state index contributed by atoms with van der Waals surface area (Å²) in [4.78, 5) is 20.1. The van der Waals surface area contributed by atoms with Crippen molar-refractivity contribution in [3.63, 3.8) is 0 Å². The fourth-order valence-electron chi connectivity index (χ4n) is 2.90. The average molecular weight is 454 g/mol. The Hall–Kier alpha value is -0.610. The van der Waals surface area contributed by atoms with Crippen molar-refractivity contribution in [1.82, 2.24) is 15.1 Å². The first kappa shape index (κ1) is 21.4. The second kappa shape index (κ2) is 11.1. The number of nitrogens with zero attached hydrogens (tertiary/aromatic N) is 3. The van der Waals surface area contributed by atoms with E-state index in [1.54, 1.807) is 19.0 Å². The second-order valence-corrected chi connectivity index (χ2v) is 6.18. The first-order chi connectivity index (χ1) is 11.1. The number of aliphatic imine (C=N–C) groups is 1. The molecule has 2 heterocycles. The maximum atomic E-state index is 11.7. The Bertz CT molecular complexity index is 414. The molecule has 7 nitrogen and oxygen atoms in total. The minimum absolute atomic E-state index is 0. The third-order valence-electron chi connectivity index (χ3n) is 4.19. The average Bonchev–Trinajstić information content (AvgIpc) is 3.08. The van der Waals surface area contributed by atoms with Gasteiger partial charge in [0, 0.05) is 46.8 Å². The largest absolute Gasteiger partial charge is 0.375 e.